The lowest BCUT2D eigenvalue weighted by Gasteiger charge is -2.36. The molecule has 1 fully saturated rings. The fraction of sp³-hybridized carbons (Fsp3) is 0.588. The molecule has 0 aromatic heterocycles. The largest absolute Gasteiger partial charge is 0.490 e. The normalized spacial score (nSPS) is 25.3. The van der Waals surface area contributed by atoms with Gasteiger partial charge in [-0.15, -0.1) is 0 Å². The van der Waals surface area contributed by atoms with Crippen LogP contribution in [0.4, 0.5) is 0 Å². The minimum atomic E-state index is -0.436. The highest BCUT2D eigenvalue weighted by Crippen LogP contribution is 2.30. The third-order valence-electron chi connectivity index (χ3n) is 4.06. The topological polar surface area (TPSA) is 65.3 Å². The number of aliphatic hydroxyl groups excluding tert-OH is 1. The number of hydrogen-bond acceptors (Lipinski definition) is 4. The van der Waals surface area contributed by atoms with E-state index in [0.717, 1.165) is 43.5 Å². The minimum absolute atomic E-state index is 0.0844. The van der Waals surface area contributed by atoms with E-state index in [1.807, 2.05) is 31.2 Å². The zero-order chi connectivity index (χ0) is 15.1. The summed E-state index contributed by atoms with van der Waals surface area (Å²) in [4.78, 5) is 0. The molecular weight excluding hydrogens is 264 g/mol. The number of hydrogen-bond donors (Lipinski definition) is 2. The molecule has 0 bridgehead atoms. The molecule has 1 aromatic rings. The van der Waals surface area contributed by atoms with Gasteiger partial charge in [0.1, 0.15) is 17.4 Å². The van der Waals surface area contributed by atoms with Gasteiger partial charge < -0.3 is 9.84 Å². The molecule has 1 aromatic carbocycles. The molecule has 2 N–H and O–H groups in total. The molecule has 0 aliphatic heterocycles. The molecule has 0 amide bonds. The molecule has 1 aliphatic carbocycles. The quantitative estimate of drug-likeness (QED) is 0.843. The second-order valence-corrected chi connectivity index (χ2v) is 5.68. The van der Waals surface area contributed by atoms with Crippen LogP contribution in [0.2, 0.25) is 0 Å². The molecule has 0 heterocycles. The maximum Gasteiger partial charge on any atom is 0.119 e. The van der Waals surface area contributed by atoms with E-state index in [2.05, 4.69) is 11.4 Å². The lowest BCUT2D eigenvalue weighted by atomic mass is 9.81. The lowest BCUT2D eigenvalue weighted by Crippen LogP contribution is -2.49. The van der Waals surface area contributed by atoms with E-state index in [0.29, 0.717) is 6.42 Å². The lowest BCUT2D eigenvalue weighted by molar-refractivity contribution is 0.113. The Morgan fingerprint density at radius 1 is 1.43 bits per heavy atom. The first-order valence-corrected chi connectivity index (χ1v) is 7.74. The first kappa shape index (κ1) is 15.8. The fourth-order valence-electron chi connectivity index (χ4n) is 3.02. The van der Waals surface area contributed by atoms with Crippen LogP contribution in [0.3, 0.4) is 0 Å². The summed E-state index contributed by atoms with van der Waals surface area (Å²) in [5, 5.41) is 21.7. The van der Waals surface area contributed by atoms with E-state index in [1.54, 1.807) is 0 Å². The number of nitriles is 1. The Hall–Kier alpha value is -1.57. The highest BCUT2D eigenvalue weighted by atomic mass is 16.5. The summed E-state index contributed by atoms with van der Waals surface area (Å²) in [5.74, 6) is 0.840. The minimum Gasteiger partial charge on any atom is -0.490 e. The van der Waals surface area contributed by atoms with Crippen LogP contribution in [0.5, 0.6) is 5.75 Å². The molecule has 4 heteroatoms. The summed E-state index contributed by atoms with van der Waals surface area (Å²) in [6.07, 6.45) is 4.38. The Bertz CT molecular complexity index is 477. The van der Waals surface area contributed by atoms with Crippen molar-refractivity contribution in [1.29, 1.82) is 5.26 Å². The van der Waals surface area contributed by atoms with Gasteiger partial charge in [-0.2, -0.15) is 5.26 Å². The van der Waals surface area contributed by atoms with Crippen LogP contribution in [0.15, 0.2) is 24.3 Å². The summed E-state index contributed by atoms with van der Waals surface area (Å²) in [7, 11) is 0. The summed E-state index contributed by atoms with van der Waals surface area (Å²) in [5.41, 5.74) is 0.668. The molecule has 2 unspecified atom stereocenters. The van der Waals surface area contributed by atoms with Gasteiger partial charge in [-0.3, -0.25) is 5.32 Å². The smallest absolute Gasteiger partial charge is 0.119 e. The van der Waals surface area contributed by atoms with Crippen LogP contribution < -0.4 is 10.1 Å². The van der Waals surface area contributed by atoms with Gasteiger partial charge in [0.2, 0.25) is 0 Å². The average molecular weight is 288 g/mol. The van der Waals surface area contributed by atoms with Gasteiger partial charge in [0, 0.05) is 13.0 Å². The van der Waals surface area contributed by atoms with Crippen molar-refractivity contribution >= 4 is 0 Å². The number of rotatable bonds is 6. The molecule has 2 rings (SSSR count). The third-order valence-corrected chi connectivity index (χ3v) is 4.06. The van der Waals surface area contributed by atoms with Crippen molar-refractivity contribution < 1.29 is 9.84 Å². The molecule has 0 saturated heterocycles. The molecule has 0 radical (unpaired) electrons. The molecule has 4 nitrogen and oxygen atoms in total. The van der Waals surface area contributed by atoms with E-state index >= 15 is 0 Å². The predicted octanol–water partition coefficient (Wildman–Crippen LogP) is 2.41. The molecule has 1 aliphatic rings. The SMILES string of the molecule is CCNC1(C#N)CCCC(Oc2ccc(CCO)cc2)C1. The van der Waals surface area contributed by atoms with Gasteiger partial charge in [-0.25, -0.2) is 0 Å². The molecule has 21 heavy (non-hydrogen) atoms. The number of nitrogens with one attached hydrogen (secondary N) is 1. The van der Waals surface area contributed by atoms with E-state index < -0.39 is 5.54 Å². The summed E-state index contributed by atoms with van der Waals surface area (Å²) in [6, 6.07) is 10.3. The standard InChI is InChI=1S/C17H24N2O2/c1-2-19-17(13-18)10-3-4-16(12-17)21-15-7-5-14(6-8-15)9-11-20/h5-8,16,19-20H,2-4,9-12H2,1H3. The van der Waals surface area contributed by atoms with Crippen LogP contribution in [0.1, 0.15) is 38.2 Å². The highest BCUT2D eigenvalue weighted by molar-refractivity contribution is 5.28. The Morgan fingerprint density at radius 2 is 2.19 bits per heavy atom. The van der Waals surface area contributed by atoms with Crippen molar-refractivity contribution in [3.05, 3.63) is 29.8 Å². The van der Waals surface area contributed by atoms with Crippen LogP contribution >= 0.6 is 0 Å². The molecule has 2 atom stereocenters. The van der Waals surface area contributed by atoms with Crippen molar-refractivity contribution in [3.63, 3.8) is 0 Å². The number of ether oxygens (including phenoxy) is 1. The second kappa shape index (κ2) is 7.44. The predicted molar refractivity (Wildman–Crippen MR) is 82.1 cm³/mol. The molecular formula is C17H24N2O2. The van der Waals surface area contributed by atoms with Crippen molar-refractivity contribution in [2.45, 2.75) is 50.7 Å². The Balaban J connectivity index is 1.97. The number of nitrogens with zero attached hydrogens (tertiary/aromatic N) is 1. The van der Waals surface area contributed by atoms with Gasteiger partial charge >= 0.3 is 0 Å². The average Bonchev–Trinajstić information content (AvgIpc) is 2.50. The first-order chi connectivity index (χ1) is 10.2. The van der Waals surface area contributed by atoms with Gasteiger partial charge in [0.25, 0.3) is 0 Å². The molecule has 114 valence electrons. The molecule has 0 spiro atoms. The Kier molecular flexibility index (Phi) is 5.60. The van der Waals surface area contributed by atoms with Crippen LogP contribution in [-0.4, -0.2) is 29.9 Å². The van der Waals surface area contributed by atoms with E-state index in [1.165, 1.54) is 0 Å². The zero-order valence-electron chi connectivity index (χ0n) is 12.6. The highest BCUT2D eigenvalue weighted by Gasteiger charge is 2.36. The van der Waals surface area contributed by atoms with Gasteiger partial charge in [0.15, 0.2) is 0 Å². The maximum atomic E-state index is 9.46. The van der Waals surface area contributed by atoms with Crippen LogP contribution in [-0.2, 0) is 6.42 Å². The first-order valence-electron chi connectivity index (χ1n) is 7.74. The van der Waals surface area contributed by atoms with Crippen molar-refractivity contribution in [2.75, 3.05) is 13.2 Å². The monoisotopic (exact) mass is 288 g/mol. The number of aliphatic hydroxyl groups is 1. The fourth-order valence-corrected chi connectivity index (χ4v) is 3.02. The second-order valence-electron chi connectivity index (χ2n) is 5.68. The van der Waals surface area contributed by atoms with Crippen LogP contribution in [0, 0.1) is 11.3 Å². The van der Waals surface area contributed by atoms with Gasteiger partial charge in [0.05, 0.1) is 6.07 Å². The van der Waals surface area contributed by atoms with Crippen molar-refractivity contribution in [2.24, 2.45) is 0 Å². The maximum absolute atomic E-state index is 9.46. The van der Waals surface area contributed by atoms with Gasteiger partial charge in [-0.1, -0.05) is 19.1 Å². The van der Waals surface area contributed by atoms with Crippen LogP contribution in [0.25, 0.3) is 0 Å². The Labute approximate surface area is 126 Å². The van der Waals surface area contributed by atoms with E-state index in [9.17, 15) is 5.26 Å². The van der Waals surface area contributed by atoms with E-state index in [4.69, 9.17) is 9.84 Å². The van der Waals surface area contributed by atoms with Crippen molar-refractivity contribution in [1.82, 2.24) is 5.32 Å². The molecule has 1 saturated carbocycles. The number of benzene rings is 1. The Morgan fingerprint density at radius 3 is 2.81 bits per heavy atom. The third kappa shape index (κ3) is 4.20. The van der Waals surface area contributed by atoms with E-state index in [-0.39, 0.29) is 12.7 Å². The zero-order valence-corrected chi connectivity index (χ0v) is 12.6. The summed E-state index contributed by atoms with van der Waals surface area (Å²) in [6.45, 7) is 3.00. The van der Waals surface area contributed by atoms with Crippen molar-refractivity contribution in [3.8, 4) is 11.8 Å². The van der Waals surface area contributed by atoms with Gasteiger partial charge in [-0.05, 0) is 49.9 Å². The summed E-state index contributed by atoms with van der Waals surface area (Å²) < 4.78 is 6.04. The summed E-state index contributed by atoms with van der Waals surface area (Å²) >= 11 is 0.